The van der Waals surface area contributed by atoms with E-state index in [0.717, 1.165) is 23.3 Å². The molecule has 0 aromatic carbocycles. The number of nitrogens with zero attached hydrogens (tertiary/aromatic N) is 6. The van der Waals surface area contributed by atoms with Crippen molar-refractivity contribution in [1.82, 2.24) is 24.6 Å². The molecule has 0 bridgehead atoms. The van der Waals surface area contributed by atoms with Crippen LogP contribution in [0.4, 0.5) is 5.82 Å². The summed E-state index contributed by atoms with van der Waals surface area (Å²) in [6, 6.07) is 0. The van der Waals surface area contributed by atoms with Crippen molar-refractivity contribution in [3.63, 3.8) is 0 Å². The van der Waals surface area contributed by atoms with Crippen LogP contribution in [0.3, 0.4) is 0 Å². The number of amidine groups is 1. The lowest BCUT2D eigenvalue weighted by molar-refractivity contribution is -0.0233. The number of aromatic nitrogens is 4. The minimum Gasteiger partial charge on any atom is -0.390 e. The summed E-state index contributed by atoms with van der Waals surface area (Å²) in [6.45, 7) is 5.84. The molecule has 3 heterocycles. The molecule has 0 radical (unpaired) electrons. The normalized spacial score (nSPS) is 24.8. The highest BCUT2D eigenvalue weighted by atomic mass is 16.5. The first-order chi connectivity index (χ1) is 11.4. The summed E-state index contributed by atoms with van der Waals surface area (Å²) in [5.41, 5.74) is 1.48. The molecular weight excluding hydrogens is 308 g/mol. The molecule has 0 spiro atoms. The van der Waals surface area contributed by atoms with E-state index in [1.807, 2.05) is 39.8 Å². The van der Waals surface area contributed by atoms with Gasteiger partial charge in [-0.15, -0.1) is 0 Å². The third-order valence-electron chi connectivity index (χ3n) is 4.44. The highest BCUT2D eigenvalue weighted by Crippen LogP contribution is 2.34. The lowest BCUT2D eigenvalue weighted by Gasteiger charge is -2.13. The number of ether oxygens (including phenoxy) is 1. The van der Waals surface area contributed by atoms with Gasteiger partial charge >= 0.3 is 0 Å². The zero-order valence-electron chi connectivity index (χ0n) is 14.8. The van der Waals surface area contributed by atoms with Crippen molar-refractivity contribution in [3.8, 4) is 0 Å². The average Bonchev–Trinajstić information content (AvgIpc) is 3.08. The van der Waals surface area contributed by atoms with E-state index in [1.54, 1.807) is 4.68 Å². The molecule has 24 heavy (non-hydrogen) atoms. The summed E-state index contributed by atoms with van der Waals surface area (Å²) >= 11 is 0. The van der Waals surface area contributed by atoms with Crippen LogP contribution < -0.4 is 0 Å². The van der Waals surface area contributed by atoms with Gasteiger partial charge in [-0.25, -0.2) is 19.6 Å². The number of aliphatic hydroxyl groups is 1. The molecule has 1 aliphatic rings. The number of aryl methyl sites for hydroxylation is 1. The van der Waals surface area contributed by atoms with Crippen molar-refractivity contribution in [2.45, 2.75) is 52.0 Å². The van der Waals surface area contributed by atoms with E-state index < -0.39 is 6.10 Å². The summed E-state index contributed by atoms with van der Waals surface area (Å²) in [4.78, 5) is 15.2. The third kappa shape index (κ3) is 2.87. The largest absolute Gasteiger partial charge is 0.390 e. The predicted molar refractivity (Wildman–Crippen MR) is 91.3 cm³/mol. The Labute approximate surface area is 141 Å². The van der Waals surface area contributed by atoms with Crippen LogP contribution >= 0.6 is 0 Å². The van der Waals surface area contributed by atoms with Gasteiger partial charge in [-0.05, 0) is 20.3 Å². The topological polar surface area (TPSA) is 88.7 Å². The minimum absolute atomic E-state index is 0.162. The van der Waals surface area contributed by atoms with E-state index in [9.17, 15) is 5.11 Å². The Kier molecular flexibility index (Phi) is 4.51. The average molecular weight is 332 g/mol. The molecule has 0 saturated carbocycles. The van der Waals surface area contributed by atoms with Gasteiger partial charge in [-0.1, -0.05) is 6.92 Å². The van der Waals surface area contributed by atoms with Gasteiger partial charge in [-0.2, -0.15) is 5.10 Å². The van der Waals surface area contributed by atoms with Crippen LogP contribution in [0.5, 0.6) is 0 Å². The first-order valence-electron chi connectivity index (χ1n) is 8.18. The second-order valence-electron chi connectivity index (χ2n) is 6.32. The molecule has 1 N–H and O–H groups in total. The fraction of sp³-hybridized carbons (Fsp3) is 0.625. The van der Waals surface area contributed by atoms with E-state index in [0.29, 0.717) is 17.9 Å². The summed E-state index contributed by atoms with van der Waals surface area (Å²) in [7, 11) is 3.87. The van der Waals surface area contributed by atoms with Gasteiger partial charge in [0.1, 0.15) is 12.2 Å². The molecule has 3 atom stereocenters. The SMILES string of the molecule is CCC1OC(n2nc(C)c3c(/N=C(\C)N(C)C)ncnc32)CC1O. The molecule has 8 nitrogen and oxygen atoms in total. The summed E-state index contributed by atoms with van der Waals surface area (Å²) in [5, 5.41) is 15.5. The smallest absolute Gasteiger partial charge is 0.168 e. The molecule has 8 heteroatoms. The Morgan fingerprint density at radius 2 is 2.21 bits per heavy atom. The minimum atomic E-state index is -0.477. The van der Waals surface area contributed by atoms with Crippen LogP contribution in [0.15, 0.2) is 11.3 Å². The Morgan fingerprint density at radius 3 is 2.83 bits per heavy atom. The summed E-state index contributed by atoms with van der Waals surface area (Å²) in [6.07, 6.45) is 1.81. The first kappa shape index (κ1) is 16.8. The van der Waals surface area contributed by atoms with Crippen molar-refractivity contribution in [2.24, 2.45) is 4.99 Å². The quantitative estimate of drug-likeness (QED) is 0.681. The molecule has 2 aromatic rings. The molecule has 1 aliphatic heterocycles. The standard InChI is InChI=1S/C16H24N6O2/c1-6-12-11(23)7-13(24-12)22-16-14(9(2)20-22)15(17-8-18-16)19-10(3)21(4)5/h8,11-13,23H,6-7H2,1-5H3/b19-10+. The number of aliphatic imine (C=N–C) groups is 1. The molecule has 1 saturated heterocycles. The predicted octanol–water partition coefficient (Wildman–Crippen LogP) is 1.80. The summed E-state index contributed by atoms with van der Waals surface area (Å²) in [5.74, 6) is 1.45. The Bertz CT molecular complexity index is 769. The van der Waals surface area contributed by atoms with Crippen molar-refractivity contribution < 1.29 is 9.84 Å². The molecule has 130 valence electrons. The van der Waals surface area contributed by atoms with Gasteiger partial charge < -0.3 is 14.7 Å². The third-order valence-corrected chi connectivity index (χ3v) is 4.44. The number of rotatable bonds is 3. The van der Waals surface area contributed by atoms with E-state index >= 15 is 0 Å². The van der Waals surface area contributed by atoms with Gasteiger partial charge in [-0.3, -0.25) is 0 Å². The molecular formula is C16H24N6O2. The number of hydrogen-bond acceptors (Lipinski definition) is 6. The van der Waals surface area contributed by atoms with E-state index in [-0.39, 0.29) is 12.3 Å². The van der Waals surface area contributed by atoms with Crippen LogP contribution in [0, 0.1) is 6.92 Å². The van der Waals surface area contributed by atoms with Crippen molar-refractivity contribution >= 4 is 22.7 Å². The zero-order valence-corrected chi connectivity index (χ0v) is 14.8. The molecule has 3 unspecified atom stereocenters. The highest BCUT2D eigenvalue weighted by Gasteiger charge is 2.35. The maximum absolute atomic E-state index is 10.1. The van der Waals surface area contributed by atoms with Crippen molar-refractivity contribution in [3.05, 3.63) is 12.0 Å². The fourth-order valence-electron chi connectivity index (χ4n) is 2.89. The van der Waals surface area contributed by atoms with Crippen molar-refractivity contribution in [2.75, 3.05) is 14.1 Å². The van der Waals surface area contributed by atoms with Crippen LogP contribution in [-0.4, -0.2) is 61.9 Å². The maximum Gasteiger partial charge on any atom is 0.168 e. The lowest BCUT2D eigenvalue weighted by atomic mass is 10.1. The lowest BCUT2D eigenvalue weighted by Crippen LogP contribution is -2.19. The van der Waals surface area contributed by atoms with Gasteiger partial charge in [0.05, 0.1) is 23.3 Å². The second-order valence-corrected chi connectivity index (χ2v) is 6.32. The van der Waals surface area contributed by atoms with Gasteiger partial charge in [0.2, 0.25) is 0 Å². The Hall–Kier alpha value is -2.06. The molecule has 0 amide bonds. The number of fused-ring (bicyclic) bond motifs is 1. The monoisotopic (exact) mass is 332 g/mol. The van der Waals surface area contributed by atoms with Gasteiger partial charge in [0, 0.05) is 20.5 Å². The highest BCUT2D eigenvalue weighted by molar-refractivity contribution is 5.92. The number of aliphatic hydroxyl groups excluding tert-OH is 1. The van der Waals surface area contributed by atoms with Crippen LogP contribution in [0.1, 0.15) is 38.6 Å². The molecule has 2 aromatic heterocycles. The fourth-order valence-corrected chi connectivity index (χ4v) is 2.89. The second kappa shape index (κ2) is 6.45. The number of hydrogen-bond donors (Lipinski definition) is 1. The maximum atomic E-state index is 10.1. The first-order valence-corrected chi connectivity index (χ1v) is 8.18. The Balaban J connectivity index is 2.06. The van der Waals surface area contributed by atoms with E-state index in [4.69, 9.17) is 4.74 Å². The van der Waals surface area contributed by atoms with E-state index in [2.05, 4.69) is 20.1 Å². The molecule has 0 aliphatic carbocycles. The van der Waals surface area contributed by atoms with E-state index in [1.165, 1.54) is 6.33 Å². The summed E-state index contributed by atoms with van der Waals surface area (Å²) < 4.78 is 7.68. The molecule has 3 rings (SSSR count). The van der Waals surface area contributed by atoms with Crippen LogP contribution in [0.2, 0.25) is 0 Å². The van der Waals surface area contributed by atoms with Crippen LogP contribution in [-0.2, 0) is 4.74 Å². The van der Waals surface area contributed by atoms with Gasteiger partial charge in [0.15, 0.2) is 17.7 Å². The van der Waals surface area contributed by atoms with Gasteiger partial charge in [0.25, 0.3) is 0 Å². The molecule has 1 fully saturated rings. The Morgan fingerprint density at radius 1 is 1.46 bits per heavy atom. The zero-order chi connectivity index (χ0) is 17.4. The van der Waals surface area contributed by atoms with Crippen LogP contribution in [0.25, 0.3) is 11.0 Å². The van der Waals surface area contributed by atoms with Crippen molar-refractivity contribution in [1.29, 1.82) is 0 Å².